The van der Waals surface area contributed by atoms with Crippen molar-refractivity contribution in [2.45, 2.75) is 18.6 Å². The summed E-state index contributed by atoms with van der Waals surface area (Å²) < 4.78 is 5.52. The molecule has 0 saturated heterocycles. The van der Waals surface area contributed by atoms with Gasteiger partial charge in [0.15, 0.2) is 5.58 Å². The van der Waals surface area contributed by atoms with E-state index in [-0.39, 0.29) is 5.78 Å². The van der Waals surface area contributed by atoms with E-state index in [4.69, 9.17) is 4.42 Å². The van der Waals surface area contributed by atoms with Gasteiger partial charge in [-0.15, -0.1) is 0 Å². The van der Waals surface area contributed by atoms with Crippen molar-refractivity contribution in [2.24, 2.45) is 0 Å². The van der Waals surface area contributed by atoms with Crippen LogP contribution in [-0.2, 0) is 4.79 Å². The predicted octanol–water partition coefficient (Wildman–Crippen LogP) is 3.55. The van der Waals surface area contributed by atoms with Crippen molar-refractivity contribution in [1.29, 1.82) is 0 Å². The highest BCUT2D eigenvalue weighted by atomic mass is 33.1. The Morgan fingerprint density at radius 1 is 1.44 bits per heavy atom. The van der Waals surface area contributed by atoms with Crippen molar-refractivity contribution in [3.05, 3.63) is 24.3 Å². The van der Waals surface area contributed by atoms with Gasteiger partial charge in [-0.05, 0) is 19.1 Å². The first-order chi connectivity index (χ1) is 7.75. The molecule has 84 valence electrons. The minimum Gasteiger partial charge on any atom is -0.431 e. The number of oxazole rings is 1. The highest BCUT2D eigenvalue weighted by molar-refractivity contribution is 8.76. The van der Waals surface area contributed by atoms with Crippen molar-refractivity contribution in [2.75, 3.05) is 5.75 Å². The third-order valence-electron chi connectivity index (χ3n) is 1.94. The van der Waals surface area contributed by atoms with Crippen LogP contribution in [0.15, 0.2) is 33.9 Å². The molecule has 2 aromatic rings. The van der Waals surface area contributed by atoms with E-state index in [0.29, 0.717) is 11.6 Å². The Morgan fingerprint density at radius 2 is 2.25 bits per heavy atom. The average molecular weight is 253 g/mol. The Balaban J connectivity index is 1.92. The molecule has 0 spiro atoms. The van der Waals surface area contributed by atoms with E-state index in [1.807, 2.05) is 24.3 Å². The minimum atomic E-state index is 0.214. The molecule has 1 aromatic heterocycles. The molecule has 0 saturated carbocycles. The molecule has 0 unspecified atom stereocenters. The summed E-state index contributed by atoms with van der Waals surface area (Å²) in [5, 5.41) is 0.648. The quantitative estimate of drug-likeness (QED) is 0.602. The van der Waals surface area contributed by atoms with E-state index < -0.39 is 0 Å². The number of Topliss-reactive ketones (excluding diaryl/α,β-unsaturated/α-hetero) is 1. The van der Waals surface area contributed by atoms with Crippen LogP contribution in [0.2, 0.25) is 0 Å². The van der Waals surface area contributed by atoms with Crippen LogP contribution in [0.4, 0.5) is 0 Å². The van der Waals surface area contributed by atoms with Crippen LogP contribution in [0.5, 0.6) is 0 Å². The molecule has 1 aromatic carbocycles. The number of ketones is 1. The maximum Gasteiger partial charge on any atom is 0.267 e. The molecule has 0 amide bonds. The van der Waals surface area contributed by atoms with E-state index in [2.05, 4.69) is 4.98 Å². The van der Waals surface area contributed by atoms with Crippen LogP contribution < -0.4 is 0 Å². The Hall–Kier alpha value is -0.940. The molecular formula is C11H11NO2S2. The summed E-state index contributed by atoms with van der Waals surface area (Å²) in [5.41, 5.74) is 1.68. The second-order valence-corrected chi connectivity index (χ2v) is 5.67. The highest BCUT2D eigenvalue weighted by Crippen LogP contribution is 2.32. The third-order valence-corrected chi connectivity index (χ3v) is 4.03. The van der Waals surface area contributed by atoms with Gasteiger partial charge in [-0.3, -0.25) is 4.79 Å². The van der Waals surface area contributed by atoms with Gasteiger partial charge in [0.25, 0.3) is 5.22 Å². The van der Waals surface area contributed by atoms with Crippen molar-refractivity contribution in [3.63, 3.8) is 0 Å². The number of hydrogen-bond acceptors (Lipinski definition) is 5. The van der Waals surface area contributed by atoms with Crippen molar-refractivity contribution in [1.82, 2.24) is 4.98 Å². The van der Waals surface area contributed by atoms with Crippen LogP contribution in [-0.4, -0.2) is 16.5 Å². The van der Waals surface area contributed by atoms with Gasteiger partial charge in [-0.1, -0.05) is 22.9 Å². The van der Waals surface area contributed by atoms with Crippen LogP contribution in [0.1, 0.15) is 13.3 Å². The average Bonchev–Trinajstić information content (AvgIpc) is 2.66. The topological polar surface area (TPSA) is 43.1 Å². The number of hydrogen-bond donors (Lipinski definition) is 0. The van der Waals surface area contributed by atoms with Crippen molar-refractivity contribution < 1.29 is 9.21 Å². The molecule has 1 heterocycles. The van der Waals surface area contributed by atoms with Gasteiger partial charge in [-0.25, -0.2) is 4.98 Å². The highest BCUT2D eigenvalue weighted by Gasteiger charge is 2.05. The van der Waals surface area contributed by atoms with Crippen molar-refractivity contribution >= 4 is 38.5 Å². The molecule has 0 N–H and O–H groups in total. The van der Waals surface area contributed by atoms with E-state index in [0.717, 1.165) is 16.9 Å². The van der Waals surface area contributed by atoms with E-state index in [1.54, 1.807) is 17.7 Å². The fraction of sp³-hybridized carbons (Fsp3) is 0.273. The number of rotatable bonds is 5. The summed E-state index contributed by atoms with van der Waals surface area (Å²) in [5.74, 6) is 1.00. The summed E-state index contributed by atoms with van der Waals surface area (Å²) in [4.78, 5) is 15.1. The van der Waals surface area contributed by atoms with Gasteiger partial charge in [0.2, 0.25) is 0 Å². The lowest BCUT2D eigenvalue weighted by atomic mass is 10.3. The van der Waals surface area contributed by atoms with E-state index >= 15 is 0 Å². The number of fused-ring (bicyclic) bond motifs is 1. The zero-order valence-corrected chi connectivity index (χ0v) is 10.4. The molecular weight excluding hydrogens is 242 g/mol. The first kappa shape index (κ1) is 11.5. The van der Waals surface area contributed by atoms with Crippen LogP contribution >= 0.6 is 21.6 Å². The van der Waals surface area contributed by atoms with E-state index in [9.17, 15) is 4.79 Å². The van der Waals surface area contributed by atoms with Gasteiger partial charge in [0.05, 0.1) is 0 Å². The normalized spacial score (nSPS) is 10.8. The molecule has 0 aliphatic heterocycles. The molecule has 0 aliphatic carbocycles. The fourth-order valence-electron chi connectivity index (χ4n) is 1.16. The second kappa shape index (κ2) is 5.41. The number of aromatic nitrogens is 1. The molecule has 3 nitrogen and oxygen atoms in total. The number of para-hydroxylation sites is 2. The Morgan fingerprint density at radius 3 is 3.00 bits per heavy atom. The summed E-state index contributed by atoms with van der Waals surface area (Å²) in [6.07, 6.45) is 0.595. The smallest absolute Gasteiger partial charge is 0.267 e. The van der Waals surface area contributed by atoms with Gasteiger partial charge in [-0.2, -0.15) is 0 Å². The Labute approximate surface area is 101 Å². The molecule has 2 rings (SSSR count). The van der Waals surface area contributed by atoms with Crippen LogP contribution in [0.25, 0.3) is 11.1 Å². The molecule has 0 bridgehead atoms. The first-order valence-corrected chi connectivity index (χ1v) is 7.22. The molecule has 0 fully saturated rings. The monoisotopic (exact) mass is 253 g/mol. The summed E-state index contributed by atoms with van der Waals surface area (Å²) >= 11 is 0. The Kier molecular flexibility index (Phi) is 3.90. The first-order valence-electron chi connectivity index (χ1n) is 4.90. The zero-order chi connectivity index (χ0) is 11.4. The predicted molar refractivity (Wildman–Crippen MR) is 67.6 cm³/mol. The SMILES string of the molecule is CC(=O)CCSSc1nc2ccccc2o1. The summed E-state index contributed by atoms with van der Waals surface area (Å²) in [6.45, 7) is 1.60. The lowest BCUT2D eigenvalue weighted by Gasteiger charge is -1.93. The van der Waals surface area contributed by atoms with Crippen LogP contribution in [0.3, 0.4) is 0 Å². The lowest BCUT2D eigenvalue weighted by molar-refractivity contribution is -0.116. The summed E-state index contributed by atoms with van der Waals surface area (Å²) in [7, 11) is 3.06. The molecule has 0 aliphatic rings. The van der Waals surface area contributed by atoms with Crippen LogP contribution in [0, 0.1) is 0 Å². The molecule has 0 atom stereocenters. The number of carbonyl (C=O) groups excluding carboxylic acids is 1. The largest absolute Gasteiger partial charge is 0.431 e. The molecule has 0 radical (unpaired) electrons. The second-order valence-electron chi connectivity index (χ2n) is 3.30. The third kappa shape index (κ3) is 3.02. The lowest BCUT2D eigenvalue weighted by Crippen LogP contribution is -1.89. The summed E-state index contributed by atoms with van der Waals surface area (Å²) in [6, 6.07) is 7.67. The Bertz CT molecular complexity index is 462. The van der Waals surface area contributed by atoms with Gasteiger partial charge in [0.1, 0.15) is 11.3 Å². The standard InChI is InChI=1S/C11H11NO2S2/c1-8(13)6-7-15-16-11-12-9-4-2-3-5-10(9)14-11/h2-5H,6-7H2,1H3. The minimum absolute atomic E-state index is 0.214. The number of nitrogens with zero attached hydrogens (tertiary/aromatic N) is 1. The maximum atomic E-state index is 10.7. The van der Waals surface area contributed by atoms with E-state index in [1.165, 1.54) is 10.8 Å². The number of carbonyl (C=O) groups is 1. The fourth-order valence-corrected chi connectivity index (χ4v) is 2.99. The van der Waals surface area contributed by atoms with Crippen molar-refractivity contribution in [3.8, 4) is 0 Å². The maximum absolute atomic E-state index is 10.7. The zero-order valence-electron chi connectivity index (χ0n) is 8.80. The number of benzene rings is 1. The molecule has 16 heavy (non-hydrogen) atoms. The van der Waals surface area contributed by atoms with Gasteiger partial charge < -0.3 is 4.42 Å². The van der Waals surface area contributed by atoms with Gasteiger partial charge in [0, 0.05) is 23.0 Å². The van der Waals surface area contributed by atoms with Gasteiger partial charge >= 0.3 is 0 Å². The molecule has 5 heteroatoms.